The molecular weight excluding hydrogens is 1180 g/mol. The predicted molar refractivity (Wildman–Crippen MR) is 375 cm³/mol. The van der Waals surface area contributed by atoms with E-state index in [1.807, 2.05) is 140 Å². The van der Waals surface area contributed by atoms with Crippen LogP contribution in [0, 0.1) is 66.9 Å². The van der Waals surface area contributed by atoms with Gasteiger partial charge in [-0.15, -0.1) is 0 Å². The van der Waals surface area contributed by atoms with Gasteiger partial charge in [-0.3, -0.25) is 4.98 Å². The lowest BCUT2D eigenvalue weighted by molar-refractivity contribution is 1.07. The van der Waals surface area contributed by atoms with Crippen LogP contribution >= 0.6 is 0 Å². The van der Waals surface area contributed by atoms with Crippen LogP contribution in [-0.4, -0.2) is 29.1 Å². The van der Waals surface area contributed by atoms with Gasteiger partial charge in [0.2, 0.25) is 0 Å². The maximum atomic E-state index is 10.5. The molecule has 0 aliphatic heterocycles. The second-order valence-electron chi connectivity index (χ2n) is 22.5. The molecule has 4 aromatic heterocycles. The van der Waals surface area contributed by atoms with E-state index in [9.17, 15) is 15.8 Å². The number of hydrogen-bond acceptors (Lipinski definition) is 7. The molecule has 0 N–H and O–H groups in total. The first-order valence-electron chi connectivity index (χ1n) is 30.0. The second-order valence-corrected chi connectivity index (χ2v) is 22.5. The third-order valence-electron chi connectivity index (χ3n) is 17.3. The Hall–Kier alpha value is -14.9. The lowest BCUT2D eigenvalue weighted by Gasteiger charge is -2.19. The molecule has 0 bridgehead atoms. The van der Waals surface area contributed by atoms with Crippen LogP contribution in [0.25, 0.3) is 169 Å². The summed E-state index contributed by atoms with van der Waals surface area (Å²) in [5.74, 6) is 1.31. The summed E-state index contributed by atoms with van der Waals surface area (Å²) in [4.78, 5) is 39.4. The zero-order valence-electron chi connectivity index (χ0n) is 50.4. The second kappa shape index (κ2) is 23.8. The summed E-state index contributed by atoms with van der Waals surface area (Å²) in [6.45, 7) is 40.0. The highest BCUT2D eigenvalue weighted by molar-refractivity contribution is 6.14. The Morgan fingerprint density at radius 3 is 1.24 bits per heavy atom. The Kier molecular flexibility index (Phi) is 14.3. The molecule has 0 spiro atoms. The van der Waals surface area contributed by atoms with Crippen molar-refractivity contribution in [2.45, 2.75) is 0 Å². The molecule has 0 aliphatic carbocycles. The molecule has 14 nitrogen and oxygen atoms in total. The highest BCUT2D eigenvalue weighted by Crippen LogP contribution is 2.47. The number of hydrogen-bond donors (Lipinski definition) is 0. The van der Waals surface area contributed by atoms with Gasteiger partial charge < -0.3 is 9.13 Å². The lowest BCUT2D eigenvalue weighted by atomic mass is 9.97. The number of pyridine rings is 1. The smallest absolute Gasteiger partial charge is 0.196 e. The van der Waals surface area contributed by atoms with Crippen LogP contribution in [0.2, 0.25) is 0 Å². The van der Waals surface area contributed by atoms with Crippen molar-refractivity contribution in [1.29, 1.82) is 15.8 Å². The van der Waals surface area contributed by atoms with E-state index in [1.54, 1.807) is 72.9 Å². The number of rotatable bonds is 10. The third-order valence-corrected chi connectivity index (χ3v) is 17.3. The van der Waals surface area contributed by atoms with E-state index in [-0.39, 0.29) is 0 Å². The summed E-state index contributed by atoms with van der Waals surface area (Å²) in [6.07, 6.45) is 3.60. The Morgan fingerprint density at radius 1 is 0.323 bits per heavy atom. The zero-order chi connectivity index (χ0) is 65.6. The Balaban J connectivity index is 1.02. The summed E-state index contributed by atoms with van der Waals surface area (Å²) in [7, 11) is 0. The van der Waals surface area contributed by atoms with Crippen molar-refractivity contribution in [3.63, 3.8) is 0 Å². The van der Waals surface area contributed by atoms with E-state index in [2.05, 4.69) is 81.9 Å². The van der Waals surface area contributed by atoms with Gasteiger partial charge in [0.1, 0.15) is 0 Å². The minimum atomic E-state index is 0.333. The summed E-state index contributed by atoms with van der Waals surface area (Å²) >= 11 is 0. The Bertz CT molecular complexity index is 5880. The Labute approximate surface area is 550 Å². The van der Waals surface area contributed by atoms with Crippen LogP contribution < -0.4 is 0 Å². The van der Waals surface area contributed by atoms with Gasteiger partial charge in [-0.25, -0.2) is 39.2 Å². The molecule has 0 fully saturated rings. The molecule has 0 atom stereocenters. The molecule has 0 amide bonds. The molecule has 15 rings (SSSR count). The van der Waals surface area contributed by atoms with E-state index in [1.165, 1.54) is 0 Å². The van der Waals surface area contributed by atoms with Crippen LogP contribution in [0.5, 0.6) is 0 Å². The van der Waals surface area contributed by atoms with Crippen molar-refractivity contribution in [3.8, 4) is 119 Å². The van der Waals surface area contributed by atoms with Crippen molar-refractivity contribution in [3.05, 3.63) is 317 Å². The van der Waals surface area contributed by atoms with E-state index in [0.717, 1.165) is 88.4 Å². The van der Waals surface area contributed by atoms with Crippen molar-refractivity contribution in [2.75, 3.05) is 0 Å². The number of fused-ring (bicyclic) bond motifs is 6. The normalized spacial score (nSPS) is 10.8. The van der Waals surface area contributed by atoms with Crippen molar-refractivity contribution < 1.29 is 0 Å². The fourth-order valence-electron chi connectivity index (χ4n) is 12.8. The van der Waals surface area contributed by atoms with Gasteiger partial charge in [-0.05, 0) is 153 Å². The monoisotopic (exact) mass is 1220 g/mol. The quantitative estimate of drug-likeness (QED) is 0.123. The van der Waals surface area contributed by atoms with Gasteiger partial charge in [-0.2, -0.15) is 15.8 Å². The first kappa shape index (κ1) is 57.5. The highest BCUT2D eigenvalue weighted by atomic mass is 15.0. The molecule has 438 valence electrons. The fourth-order valence-corrected chi connectivity index (χ4v) is 12.8. The van der Waals surface area contributed by atoms with Gasteiger partial charge in [-0.1, -0.05) is 127 Å². The first-order valence-corrected chi connectivity index (χ1v) is 30.0. The van der Waals surface area contributed by atoms with Gasteiger partial charge in [0, 0.05) is 78.6 Å². The molecule has 15 aromatic rings. The predicted octanol–water partition coefficient (Wildman–Crippen LogP) is 21.2. The zero-order valence-corrected chi connectivity index (χ0v) is 50.4. The third kappa shape index (κ3) is 9.87. The summed E-state index contributed by atoms with van der Waals surface area (Å²) in [6, 6.07) is 79.2. The van der Waals surface area contributed by atoms with Gasteiger partial charge >= 0.3 is 0 Å². The minimum absolute atomic E-state index is 0.333. The SMILES string of the molecule is [C-]#[N+]c1ccc(-c2ccc3c(c2)c2cc(-c4ccc([N+]#[C-])cc4[N+]#[C-])ccc2n3-c2ccncc2-c2cc(-n3c4ccc(-c5ccc(C#N)cc5[N+]#[C-])cc4c4cc(-c5ccc(C#N)cc5[N+]#[C-])ccc43)ccc2-c2nc(-c3ccccc3)nc(-c3ccccc3)n2)c(C#N)c1. The van der Waals surface area contributed by atoms with Crippen LogP contribution in [0.3, 0.4) is 0 Å². The molecule has 0 saturated carbocycles. The van der Waals surface area contributed by atoms with E-state index >= 15 is 0 Å². The van der Waals surface area contributed by atoms with E-state index < -0.39 is 0 Å². The minimum Gasteiger partial charge on any atom is -0.309 e. The Morgan fingerprint density at radius 2 is 0.760 bits per heavy atom. The molecule has 0 saturated heterocycles. The summed E-state index contributed by atoms with van der Waals surface area (Å²) in [5.41, 5.74) is 16.8. The maximum absolute atomic E-state index is 10.5. The van der Waals surface area contributed by atoms with Crippen molar-refractivity contribution >= 4 is 72.0 Å². The van der Waals surface area contributed by atoms with E-state index in [0.29, 0.717) is 102 Å². The number of benzene rings is 11. The number of aromatic nitrogens is 6. The molecule has 0 radical (unpaired) electrons. The maximum Gasteiger partial charge on any atom is 0.196 e. The standard InChI is InChI=1S/C82H40N14/c1-86-58-22-27-61(57(38-58)47-85)53-18-32-77-69(39-53)70-42-56(64-28-23-59(87-2)43-74(64)90-5)21-33-78(70)96(77)79-34-35-91-48-71(79)66-44-60(24-29-65(66)82-93-80(51-12-8-6-9-13-51)92-81(94-82)52-14-10-7-11-15-52)95-75-30-19-54(62-25-16-49(45-83)36-72(62)88-3)40-67(75)68-41-55(20-31-76(68)95)63-26-17-50(46-84)37-73(63)89-4/h6-44,48H. The molecule has 4 heterocycles. The van der Waals surface area contributed by atoms with Gasteiger partial charge in [0.15, 0.2) is 45.9 Å². The number of nitrogens with zero attached hydrogens (tertiary/aromatic N) is 14. The fraction of sp³-hybridized carbons (Fsp3) is 0. The highest BCUT2D eigenvalue weighted by Gasteiger charge is 2.25. The molecule has 0 unspecified atom stereocenters. The van der Waals surface area contributed by atoms with Crippen molar-refractivity contribution in [1.82, 2.24) is 29.1 Å². The molecular formula is C82H40N14. The van der Waals surface area contributed by atoms with Crippen LogP contribution in [0.1, 0.15) is 16.7 Å². The molecule has 11 aromatic carbocycles. The summed E-state index contributed by atoms with van der Waals surface area (Å²) < 4.78 is 4.38. The first-order chi connectivity index (χ1) is 47.2. The van der Waals surface area contributed by atoms with Gasteiger partial charge in [0.05, 0.1) is 78.8 Å². The molecule has 0 aliphatic rings. The lowest BCUT2D eigenvalue weighted by Crippen LogP contribution is -2.04. The van der Waals surface area contributed by atoms with Crippen molar-refractivity contribution in [2.24, 2.45) is 0 Å². The average molecular weight is 1220 g/mol. The van der Waals surface area contributed by atoms with Crippen LogP contribution in [0.15, 0.2) is 243 Å². The van der Waals surface area contributed by atoms with Crippen LogP contribution in [-0.2, 0) is 0 Å². The van der Waals surface area contributed by atoms with E-state index in [4.69, 9.17) is 52.8 Å². The number of nitriles is 3. The van der Waals surface area contributed by atoms with Gasteiger partial charge in [0.25, 0.3) is 0 Å². The summed E-state index contributed by atoms with van der Waals surface area (Å²) in [5, 5.41) is 33.5. The average Bonchev–Trinajstić information content (AvgIpc) is 1.56. The largest absolute Gasteiger partial charge is 0.309 e. The molecule has 96 heavy (non-hydrogen) atoms. The van der Waals surface area contributed by atoms with Crippen LogP contribution in [0.4, 0.5) is 28.4 Å². The topological polar surface area (TPSA) is 155 Å². The molecule has 14 heteroatoms.